The van der Waals surface area contributed by atoms with Crippen molar-refractivity contribution in [3.8, 4) is 0 Å². The van der Waals surface area contributed by atoms with Gasteiger partial charge in [0.15, 0.2) is 0 Å². The Hall–Kier alpha value is -2.14. The highest BCUT2D eigenvalue weighted by Crippen LogP contribution is 2.14. The molecule has 0 aliphatic heterocycles. The van der Waals surface area contributed by atoms with E-state index in [0.717, 1.165) is 0 Å². The maximum absolute atomic E-state index is 11.9. The molecule has 1 heterocycles. The first-order valence-corrected chi connectivity index (χ1v) is 5.66. The smallest absolute Gasteiger partial charge is 0.252 e. The zero-order chi connectivity index (χ0) is 13.1. The van der Waals surface area contributed by atoms with Crippen LogP contribution in [0.3, 0.4) is 0 Å². The molecule has 0 spiro atoms. The van der Waals surface area contributed by atoms with E-state index in [-0.39, 0.29) is 18.0 Å². The minimum atomic E-state index is -0.623. The highest BCUT2D eigenvalue weighted by molar-refractivity contribution is 6.05. The van der Waals surface area contributed by atoms with E-state index >= 15 is 0 Å². The number of aromatic amines is 1. The van der Waals surface area contributed by atoms with Gasteiger partial charge in [-0.05, 0) is 13.0 Å². The van der Waals surface area contributed by atoms with Crippen molar-refractivity contribution in [3.05, 3.63) is 46.2 Å². The summed E-state index contributed by atoms with van der Waals surface area (Å²) in [6.07, 6.45) is -0.623. The van der Waals surface area contributed by atoms with E-state index in [9.17, 15) is 9.59 Å². The second-order valence-corrected chi connectivity index (χ2v) is 4.15. The van der Waals surface area contributed by atoms with Crippen molar-refractivity contribution in [1.29, 1.82) is 0 Å². The number of carbonyl (C=O) groups excluding carboxylic acids is 1. The van der Waals surface area contributed by atoms with Crippen LogP contribution in [0.25, 0.3) is 10.9 Å². The summed E-state index contributed by atoms with van der Waals surface area (Å²) in [6, 6.07) is 8.35. The lowest BCUT2D eigenvalue weighted by molar-refractivity contribution is 0.0925. The Kier molecular flexibility index (Phi) is 3.43. The van der Waals surface area contributed by atoms with E-state index in [0.29, 0.717) is 16.5 Å². The standard InChI is InChI=1S/C13H14N2O3/c1-8(16)7-14-13(18)10-6-12(17)15-11-5-3-2-4-9(10)11/h2-6,8,16H,7H2,1H3,(H,14,18)(H,15,17)/t8-/m0/s1. The fourth-order valence-electron chi connectivity index (χ4n) is 1.73. The lowest BCUT2D eigenvalue weighted by Gasteiger charge is -2.09. The highest BCUT2D eigenvalue weighted by Gasteiger charge is 2.11. The summed E-state index contributed by atoms with van der Waals surface area (Å²) < 4.78 is 0. The number of nitrogens with one attached hydrogen (secondary N) is 2. The Morgan fingerprint density at radius 1 is 1.44 bits per heavy atom. The first-order valence-electron chi connectivity index (χ1n) is 5.66. The third-order valence-electron chi connectivity index (χ3n) is 2.55. The zero-order valence-corrected chi connectivity index (χ0v) is 9.93. The molecule has 3 N–H and O–H groups in total. The fourth-order valence-corrected chi connectivity index (χ4v) is 1.73. The molecule has 0 unspecified atom stereocenters. The Balaban J connectivity index is 2.43. The van der Waals surface area contributed by atoms with E-state index < -0.39 is 6.10 Å². The van der Waals surface area contributed by atoms with Crippen molar-refractivity contribution in [3.63, 3.8) is 0 Å². The molecule has 0 bridgehead atoms. The van der Waals surface area contributed by atoms with Crippen LogP contribution in [0.1, 0.15) is 17.3 Å². The van der Waals surface area contributed by atoms with Gasteiger partial charge in [0.25, 0.3) is 5.91 Å². The number of hydrogen-bond acceptors (Lipinski definition) is 3. The van der Waals surface area contributed by atoms with Gasteiger partial charge >= 0.3 is 0 Å². The number of benzene rings is 1. The van der Waals surface area contributed by atoms with Crippen molar-refractivity contribution >= 4 is 16.8 Å². The minimum absolute atomic E-state index is 0.153. The Bertz CT molecular complexity index is 631. The molecule has 0 fully saturated rings. The van der Waals surface area contributed by atoms with E-state index in [1.165, 1.54) is 6.07 Å². The lowest BCUT2D eigenvalue weighted by atomic mass is 10.1. The molecule has 94 valence electrons. The summed E-state index contributed by atoms with van der Waals surface area (Å²) in [6.45, 7) is 1.73. The molecule has 0 radical (unpaired) electrons. The van der Waals surface area contributed by atoms with Crippen LogP contribution < -0.4 is 10.9 Å². The number of amides is 1. The molecule has 0 saturated heterocycles. The number of fused-ring (bicyclic) bond motifs is 1. The first kappa shape index (κ1) is 12.3. The molecule has 2 rings (SSSR count). The van der Waals surface area contributed by atoms with Gasteiger partial charge in [0.05, 0.1) is 11.7 Å². The predicted octanol–water partition coefficient (Wildman–Crippen LogP) is 0.639. The summed E-state index contributed by atoms with van der Waals surface area (Å²) in [5.41, 5.74) is 0.609. The van der Waals surface area contributed by atoms with E-state index in [1.54, 1.807) is 31.2 Å². The Morgan fingerprint density at radius 2 is 2.17 bits per heavy atom. The highest BCUT2D eigenvalue weighted by atomic mass is 16.3. The van der Waals surface area contributed by atoms with Crippen LogP contribution in [0, 0.1) is 0 Å². The van der Waals surface area contributed by atoms with Crippen molar-refractivity contribution in [1.82, 2.24) is 10.3 Å². The summed E-state index contributed by atoms with van der Waals surface area (Å²) in [7, 11) is 0. The van der Waals surface area contributed by atoms with Crippen LogP contribution in [0.2, 0.25) is 0 Å². The SMILES string of the molecule is C[C@H](O)CNC(=O)c1cc(=O)[nH]c2ccccc12. The van der Waals surface area contributed by atoms with Gasteiger partial charge in [-0.25, -0.2) is 0 Å². The monoisotopic (exact) mass is 246 g/mol. The molecule has 5 heteroatoms. The number of carbonyl (C=O) groups is 1. The summed E-state index contributed by atoms with van der Waals surface area (Å²) in [5.74, 6) is -0.363. The minimum Gasteiger partial charge on any atom is -0.392 e. The molecule has 0 aliphatic carbocycles. The molecule has 1 amide bonds. The second-order valence-electron chi connectivity index (χ2n) is 4.15. The number of pyridine rings is 1. The largest absolute Gasteiger partial charge is 0.392 e. The third kappa shape index (κ3) is 2.57. The van der Waals surface area contributed by atoms with Crippen LogP contribution in [0.4, 0.5) is 0 Å². The fraction of sp³-hybridized carbons (Fsp3) is 0.231. The molecule has 2 aromatic rings. The van der Waals surface area contributed by atoms with Crippen molar-refractivity contribution in [2.24, 2.45) is 0 Å². The maximum Gasteiger partial charge on any atom is 0.252 e. The Labute approximate surface area is 103 Å². The van der Waals surface area contributed by atoms with Gasteiger partial charge in [-0.2, -0.15) is 0 Å². The molecule has 5 nitrogen and oxygen atoms in total. The number of aromatic nitrogens is 1. The van der Waals surface area contributed by atoms with Gasteiger partial charge in [0, 0.05) is 23.5 Å². The van der Waals surface area contributed by atoms with Crippen molar-refractivity contribution < 1.29 is 9.90 Å². The van der Waals surface area contributed by atoms with Gasteiger partial charge in [0.2, 0.25) is 5.56 Å². The van der Waals surface area contributed by atoms with Gasteiger partial charge in [-0.1, -0.05) is 18.2 Å². The maximum atomic E-state index is 11.9. The number of aliphatic hydroxyl groups excluding tert-OH is 1. The van der Waals surface area contributed by atoms with E-state index in [4.69, 9.17) is 5.11 Å². The first-order chi connectivity index (χ1) is 8.58. The molecular weight excluding hydrogens is 232 g/mol. The van der Waals surface area contributed by atoms with E-state index in [2.05, 4.69) is 10.3 Å². The van der Waals surface area contributed by atoms with Crippen molar-refractivity contribution in [2.45, 2.75) is 13.0 Å². The van der Waals surface area contributed by atoms with Crippen LogP contribution in [-0.2, 0) is 0 Å². The van der Waals surface area contributed by atoms with Gasteiger partial charge in [-0.15, -0.1) is 0 Å². The van der Waals surface area contributed by atoms with Gasteiger partial charge < -0.3 is 15.4 Å². The average molecular weight is 246 g/mol. The van der Waals surface area contributed by atoms with Gasteiger partial charge in [-0.3, -0.25) is 9.59 Å². The van der Waals surface area contributed by atoms with Crippen LogP contribution in [-0.4, -0.2) is 28.6 Å². The van der Waals surface area contributed by atoms with E-state index in [1.807, 2.05) is 0 Å². The number of aliphatic hydroxyl groups is 1. The normalized spacial score (nSPS) is 12.3. The number of H-pyrrole nitrogens is 1. The third-order valence-corrected chi connectivity index (χ3v) is 2.55. The predicted molar refractivity (Wildman–Crippen MR) is 68.6 cm³/mol. The molecule has 0 saturated carbocycles. The average Bonchev–Trinajstić information content (AvgIpc) is 2.34. The van der Waals surface area contributed by atoms with Gasteiger partial charge in [0.1, 0.15) is 0 Å². The molecule has 18 heavy (non-hydrogen) atoms. The number of para-hydroxylation sites is 1. The second kappa shape index (κ2) is 5.01. The van der Waals surface area contributed by atoms with Crippen molar-refractivity contribution in [2.75, 3.05) is 6.54 Å². The molecule has 1 aromatic carbocycles. The summed E-state index contributed by atoms with van der Waals surface area (Å²) in [4.78, 5) is 26.1. The molecule has 1 atom stereocenters. The van der Waals surface area contributed by atoms with Crippen LogP contribution in [0.5, 0.6) is 0 Å². The number of rotatable bonds is 3. The molecule has 1 aromatic heterocycles. The quantitative estimate of drug-likeness (QED) is 0.743. The molecule has 0 aliphatic rings. The summed E-state index contributed by atoms with van der Waals surface area (Å²) >= 11 is 0. The molecular formula is C13H14N2O3. The zero-order valence-electron chi connectivity index (χ0n) is 9.93. The lowest BCUT2D eigenvalue weighted by Crippen LogP contribution is -2.31. The number of hydrogen-bond donors (Lipinski definition) is 3. The topological polar surface area (TPSA) is 82.2 Å². The summed E-state index contributed by atoms with van der Waals surface area (Å²) in [5, 5.41) is 12.4. The Morgan fingerprint density at radius 3 is 2.89 bits per heavy atom. The van der Waals surface area contributed by atoms with Crippen LogP contribution in [0.15, 0.2) is 35.1 Å². The van der Waals surface area contributed by atoms with Crippen LogP contribution >= 0.6 is 0 Å².